The lowest BCUT2D eigenvalue weighted by Crippen LogP contribution is -2.68. The van der Waals surface area contributed by atoms with Crippen LogP contribution < -0.4 is 10.4 Å². The van der Waals surface area contributed by atoms with Gasteiger partial charge in [-0.25, -0.2) is 0 Å². The maximum absolute atomic E-state index is 2.74. The van der Waals surface area contributed by atoms with Gasteiger partial charge in [0.15, 0.2) is 0 Å². The molecule has 7 rings (SSSR count). The van der Waals surface area contributed by atoms with E-state index in [4.69, 9.17) is 0 Å². The van der Waals surface area contributed by atoms with Crippen molar-refractivity contribution in [3.63, 3.8) is 0 Å². The van der Waals surface area contributed by atoms with Crippen LogP contribution >= 0.6 is 0 Å². The highest BCUT2D eigenvalue weighted by molar-refractivity contribution is 7.01. The summed E-state index contributed by atoms with van der Waals surface area (Å²) >= 11 is 0. The number of benzene rings is 4. The first-order valence-electron chi connectivity index (χ1n) is 12.1. The van der Waals surface area contributed by atoms with Crippen LogP contribution in [0.3, 0.4) is 0 Å². The van der Waals surface area contributed by atoms with Crippen LogP contribution in [0.25, 0.3) is 33.9 Å². The van der Waals surface area contributed by atoms with Crippen LogP contribution in [0.5, 0.6) is 0 Å². The predicted molar refractivity (Wildman–Crippen MR) is 147 cm³/mol. The maximum atomic E-state index is 2.68. The number of aromatic nitrogens is 2. The second-order valence-corrected chi connectivity index (χ2v) is 12.4. The molecule has 3 heteroatoms. The summed E-state index contributed by atoms with van der Waals surface area (Å²) in [5.74, 6) is 0. The number of nitrogens with zero attached hydrogens (tertiary/aromatic N) is 2. The van der Waals surface area contributed by atoms with Crippen molar-refractivity contribution in [2.75, 3.05) is 0 Å². The first kappa shape index (κ1) is 20.1. The van der Waals surface area contributed by atoms with E-state index in [0.717, 1.165) is 0 Å². The molecule has 0 unspecified atom stereocenters. The lowest BCUT2D eigenvalue weighted by atomic mass is 10.2. The molecule has 3 heterocycles. The molecule has 0 saturated heterocycles. The minimum absolute atomic E-state index is 1.24. The average molecular weight is 465 g/mol. The smallest absolute Gasteiger partial charge is 0.340 e. The molecule has 6 aromatic rings. The Balaban J connectivity index is 1.66. The lowest BCUT2D eigenvalue weighted by molar-refractivity contribution is 1.14. The Labute approximate surface area is 206 Å². The van der Waals surface area contributed by atoms with Crippen molar-refractivity contribution < 1.29 is 0 Å². The molecule has 0 aliphatic carbocycles. The van der Waals surface area contributed by atoms with Gasteiger partial charge < -0.3 is 8.47 Å². The van der Waals surface area contributed by atoms with E-state index in [1.807, 2.05) is 0 Å². The molecule has 2 aromatic heterocycles. The van der Waals surface area contributed by atoms with Gasteiger partial charge in [0, 0.05) is 11.4 Å². The molecule has 1 aliphatic heterocycles. The summed E-state index contributed by atoms with van der Waals surface area (Å²) in [5.41, 5.74) is 7.59. The van der Waals surface area contributed by atoms with Crippen LogP contribution in [0, 0.1) is 0 Å². The van der Waals surface area contributed by atoms with Gasteiger partial charge in [-0.05, 0) is 45.8 Å². The van der Waals surface area contributed by atoms with E-state index in [1.54, 1.807) is 0 Å². The molecule has 2 nitrogen and oxygen atoms in total. The molecule has 0 N–H and O–H groups in total. The highest BCUT2D eigenvalue weighted by atomic mass is 28.3. The third-order valence-corrected chi connectivity index (χ3v) is 11.7. The van der Waals surface area contributed by atoms with Crippen LogP contribution in [-0.2, 0) is 0 Å². The standard InChI is InChI=1S/C32H24N2Si/c1-5-13-25(14-6-1)29-21-23-31-32-24-22-30(26-15-7-2-8-16-26)34(32)35(33(29)31,27-17-9-3-10-18-27)28-19-11-4-12-20-28/h1-24H. The van der Waals surface area contributed by atoms with Gasteiger partial charge >= 0.3 is 8.40 Å². The number of rotatable bonds is 4. The summed E-state index contributed by atoms with van der Waals surface area (Å²) in [6.45, 7) is 0. The molecule has 0 bridgehead atoms. The monoisotopic (exact) mass is 464 g/mol. The van der Waals surface area contributed by atoms with Gasteiger partial charge in [-0.3, -0.25) is 0 Å². The van der Waals surface area contributed by atoms with Crippen LogP contribution in [0.1, 0.15) is 0 Å². The highest BCUT2D eigenvalue weighted by Gasteiger charge is 2.52. The summed E-state index contributed by atoms with van der Waals surface area (Å²) in [6.07, 6.45) is 0. The first-order chi connectivity index (χ1) is 17.4. The van der Waals surface area contributed by atoms with Gasteiger partial charge in [0.1, 0.15) is 0 Å². The number of hydrogen-bond donors (Lipinski definition) is 0. The van der Waals surface area contributed by atoms with E-state index in [2.05, 4.69) is 154 Å². The van der Waals surface area contributed by atoms with Gasteiger partial charge in [0.25, 0.3) is 0 Å². The molecule has 35 heavy (non-hydrogen) atoms. The molecule has 0 fully saturated rings. The predicted octanol–water partition coefficient (Wildman–Crippen LogP) is 6.26. The van der Waals surface area contributed by atoms with Crippen LogP contribution in [0.4, 0.5) is 0 Å². The van der Waals surface area contributed by atoms with E-state index < -0.39 is 8.40 Å². The topological polar surface area (TPSA) is 9.86 Å². The molecular weight excluding hydrogens is 440 g/mol. The van der Waals surface area contributed by atoms with Crippen molar-refractivity contribution in [3.8, 4) is 33.9 Å². The minimum atomic E-state index is -2.74. The van der Waals surface area contributed by atoms with Crippen LogP contribution in [0.2, 0.25) is 0 Å². The van der Waals surface area contributed by atoms with E-state index in [-0.39, 0.29) is 0 Å². The normalized spacial score (nSPS) is 13.4. The fourth-order valence-corrected chi connectivity index (χ4v) is 10.8. The van der Waals surface area contributed by atoms with Gasteiger partial charge in [-0.1, -0.05) is 121 Å². The Hall–Kier alpha value is -4.34. The van der Waals surface area contributed by atoms with Gasteiger partial charge in [-0.2, -0.15) is 0 Å². The zero-order chi connectivity index (χ0) is 23.2. The Morgan fingerprint density at radius 3 is 1.00 bits per heavy atom. The SMILES string of the molecule is c1ccc(-c2ccc3n2[Si](c2ccccc2)(c2ccccc2)n2c(-c4ccccc4)ccc2-3)cc1. The molecule has 166 valence electrons. The quantitative estimate of drug-likeness (QED) is 0.272. The summed E-state index contributed by atoms with van der Waals surface area (Å²) in [4.78, 5) is 0. The number of fused-ring (bicyclic) bond motifs is 3. The molecule has 0 radical (unpaired) electrons. The average Bonchev–Trinajstić information content (AvgIpc) is 3.63. The second-order valence-electron chi connectivity index (χ2n) is 9.01. The third-order valence-electron chi connectivity index (χ3n) is 7.16. The Morgan fingerprint density at radius 1 is 0.314 bits per heavy atom. The van der Waals surface area contributed by atoms with Gasteiger partial charge in [0.2, 0.25) is 0 Å². The largest absolute Gasteiger partial charge is 0.341 e. The second kappa shape index (κ2) is 7.86. The maximum Gasteiger partial charge on any atom is 0.340 e. The van der Waals surface area contributed by atoms with Crippen molar-refractivity contribution >= 4 is 18.8 Å². The zero-order valence-corrected chi connectivity index (χ0v) is 20.3. The summed E-state index contributed by atoms with van der Waals surface area (Å²) in [7, 11) is -2.74. The van der Waals surface area contributed by atoms with E-state index >= 15 is 0 Å². The lowest BCUT2D eigenvalue weighted by Gasteiger charge is -2.35. The van der Waals surface area contributed by atoms with Crippen molar-refractivity contribution in [2.24, 2.45) is 0 Å². The fraction of sp³-hybridized carbons (Fsp3) is 0. The molecule has 1 aliphatic rings. The Morgan fingerprint density at radius 2 is 0.629 bits per heavy atom. The Bertz CT molecular complexity index is 1490. The first-order valence-corrected chi connectivity index (χ1v) is 14.0. The van der Waals surface area contributed by atoms with E-state index in [9.17, 15) is 0 Å². The van der Waals surface area contributed by atoms with E-state index in [1.165, 1.54) is 44.3 Å². The molecule has 0 amide bonds. The van der Waals surface area contributed by atoms with Crippen molar-refractivity contribution in [2.45, 2.75) is 0 Å². The van der Waals surface area contributed by atoms with Gasteiger partial charge in [0.05, 0.1) is 11.4 Å². The van der Waals surface area contributed by atoms with Crippen molar-refractivity contribution in [3.05, 3.63) is 146 Å². The zero-order valence-electron chi connectivity index (χ0n) is 19.3. The van der Waals surface area contributed by atoms with Crippen LogP contribution in [0.15, 0.2) is 146 Å². The molecule has 4 aromatic carbocycles. The van der Waals surface area contributed by atoms with Crippen LogP contribution in [-0.4, -0.2) is 16.9 Å². The fourth-order valence-electron chi connectivity index (χ4n) is 5.76. The molecule has 0 saturated carbocycles. The van der Waals surface area contributed by atoms with Gasteiger partial charge in [-0.15, -0.1) is 0 Å². The molecular formula is C32H24N2Si. The number of hydrogen-bond acceptors (Lipinski definition) is 0. The summed E-state index contributed by atoms with van der Waals surface area (Å²) in [6, 6.07) is 53.1. The summed E-state index contributed by atoms with van der Waals surface area (Å²) < 4.78 is 5.35. The molecule has 0 atom stereocenters. The third kappa shape index (κ3) is 2.82. The van der Waals surface area contributed by atoms with Crippen molar-refractivity contribution in [1.82, 2.24) is 8.47 Å². The summed E-state index contributed by atoms with van der Waals surface area (Å²) in [5, 5.41) is 2.74. The molecule has 0 spiro atoms. The minimum Gasteiger partial charge on any atom is -0.341 e. The highest BCUT2D eigenvalue weighted by Crippen LogP contribution is 2.42. The van der Waals surface area contributed by atoms with E-state index in [0.29, 0.717) is 0 Å². The van der Waals surface area contributed by atoms with Crippen molar-refractivity contribution in [1.29, 1.82) is 0 Å². The Kier molecular flexibility index (Phi) is 4.51.